The molecule has 1 unspecified atom stereocenters. The largest absolute Gasteiger partial charge is 0.469 e. The van der Waals surface area contributed by atoms with E-state index in [9.17, 15) is 10.1 Å². The van der Waals surface area contributed by atoms with Gasteiger partial charge in [-0.3, -0.25) is 4.79 Å². The molecule has 0 radical (unpaired) electrons. The average Bonchev–Trinajstić information content (AvgIpc) is 3.08. The normalized spacial score (nSPS) is 17.2. The van der Waals surface area contributed by atoms with Crippen molar-refractivity contribution in [3.8, 4) is 6.07 Å². The first-order chi connectivity index (χ1) is 11.3. The van der Waals surface area contributed by atoms with Gasteiger partial charge in [0.25, 0.3) is 5.91 Å². The second-order valence-electron chi connectivity index (χ2n) is 7.47. The van der Waals surface area contributed by atoms with Crippen LogP contribution in [-0.2, 0) is 12.8 Å². The highest BCUT2D eigenvalue weighted by Crippen LogP contribution is 2.44. The van der Waals surface area contributed by atoms with Gasteiger partial charge in [0.2, 0.25) is 0 Å². The zero-order chi connectivity index (χ0) is 17.5. The second kappa shape index (κ2) is 6.10. The molecule has 1 N–H and O–H groups in total. The van der Waals surface area contributed by atoms with Gasteiger partial charge in [-0.2, -0.15) is 5.26 Å². The average molecular weight is 342 g/mol. The molecule has 0 saturated heterocycles. The molecule has 2 aromatic rings. The van der Waals surface area contributed by atoms with Gasteiger partial charge >= 0.3 is 0 Å². The number of carbonyl (C=O) groups excluding carboxylic acids is 1. The molecule has 3 rings (SSSR count). The van der Waals surface area contributed by atoms with E-state index in [2.05, 4.69) is 32.2 Å². The Morgan fingerprint density at radius 1 is 1.46 bits per heavy atom. The van der Waals surface area contributed by atoms with Crippen LogP contribution >= 0.6 is 11.3 Å². The summed E-state index contributed by atoms with van der Waals surface area (Å²) in [6, 6.07) is 3.95. The summed E-state index contributed by atoms with van der Waals surface area (Å²) in [5, 5.41) is 13.2. The number of rotatable bonds is 2. The van der Waals surface area contributed by atoms with Crippen molar-refractivity contribution in [3.63, 3.8) is 0 Å². The van der Waals surface area contributed by atoms with E-state index < -0.39 is 0 Å². The number of nitrogens with one attached hydrogen (secondary N) is 1. The quantitative estimate of drug-likeness (QED) is 0.842. The molecule has 5 heteroatoms. The summed E-state index contributed by atoms with van der Waals surface area (Å²) in [5.41, 5.74) is 2.53. The van der Waals surface area contributed by atoms with Gasteiger partial charge in [-0.1, -0.05) is 20.8 Å². The van der Waals surface area contributed by atoms with E-state index in [-0.39, 0.29) is 11.3 Å². The van der Waals surface area contributed by atoms with E-state index in [1.165, 1.54) is 11.1 Å². The van der Waals surface area contributed by atoms with Gasteiger partial charge in [-0.05, 0) is 49.1 Å². The number of nitrogens with zero attached hydrogens (tertiary/aromatic N) is 1. The molecule has 24 heavy (non-hydrogen) atoms. The molecule has 2 aromatic heterocycles. The number of carbonyl (C=O) groups is 1. The van der Waals surface area contributed by atoms with E-state index in [0.29, 0.717) is 27.8 Å². The van der Waals surface area contributed by atoms with Crippen LogP contribution in [0.15, 0.2) is 16.7 Å². The van der Waals surface area contributed by atoms with E-state index >= 15 is 0 Å². The summed E-state index contributed by atoms with van der Waals surface area (Å²) in [4.78, 5) is 13.7. The Kier molecular flexibility index (Phi) is 4.27. The molecule has 0 bridgehead atoms. The Morgan fingerprint density at radius 3 is 2.79 bits per heavy atom. The zero-order valence-corrected chi connectivity index (χ0v) is 15.3. The third-order valence-corrected chi connectivity index (χ3v) is 6.10. The van der Waals surface area contributed by atoms with Gasteiger partial charge in [0.05, 0.1) is 17.4 Å². The first-order valence-electron chi connectivity index (χ1n) is 8.21. The molecule has 0 fully saturated rings. The minimum absolute atomic E-state index is 0.219. The van der Waals surface area contributed by atoms with Crippen LogP contribution in [0.5, 0.6) is 0 Å². The minimum Gasteiger partial charge on any atom is -0.469 e. The van der Waals surface area contributed by atoms with E-state index in [4.69, 9.17) is 4.42 Å². The fraction of sp³-hybridized carbons (Fsp3) is 0.474. The zero-order valence-electron chi connectivity index (χ0n) is 14.5. The summed E-state index contributed by atoms with van der Waals surface area (Å²) in [5.74, 6) is 0.971. The Balaban J connectivity index is 1.89. The van der Waals surface area contributed by atoms with Crippen LogP contribution in [-0.4, -0.2) is 5.91 Å². The Labute approximate surface area is 146 Å². The summed E-state index contributed by atoms with van der Waals surface area (Å²) in [6.07, 6.45) is 4.50. The maximum Gasteiger partial charge on any atom is 0.259 e. The predicted octanol–water partition coefficient (Wildman–Crippen LogP) is 4.92. The van der Waals surface area contributed by atoms with E-state index in [1.807, 2.05) is 0 Å². The number of hydrogen-bond acceptors (Lipinski definition) is 4. The molecule has 0 aromatic carbocycles. The third-order valence-electron chi connectivity index (χ3n) is 4.93. The molecule has 4 nitrogen and oxygen atoms in total. The van der Waals surface area contributed by atoms with Gasteiger partial charge in [0.15, 0.2) is 0 Å². The summed E-state index contributed by atoms with van der Waals surface area (Å²) in [6.45, 7) is 8.57. The lowest BCUT2D eigenvalue weighted by Crippen LogP contribution is -2.26. The monoisotopic (exact) mass is 342 g/mol. The lowest BCUT2D eigenvalue weighted by atomic mass is 9.72. The number of furan rings is 1. The first-order valence-corrected chi connectivity index (χ1v) is 9.03. The molecule has 0 saturated carbocycles. The summed E-state index contributed by atoms with van der Waals surface area (Å²) in [7, 11) is 0. The molecule has 1 aliphatic rings. The van der Waals surface area contributed by atoms with Crippen LogP contribution in [0, 0.1) is 29.6 Å². The van der Waals surface area contributed by atoms with Crippen molar-refractivity contribution in [1.29, 1.82) is 5.26 Å². The molecule has 2 heterocycles. The van der Waals surface area contributed by atoms with Crippen LogP contribution in [0.4, 0.5) is 5.00 Å². The highest BCUT2D eigenvalue weighted by Gasteiger charge is 2.32. The van der Waals surface area contributed by atoms with E-state index in [0.717, 1.165) is 24.8 Å². The molecular formula is C19H22N2O2S. The fourth-order valence-electron chi connectivity index (χ4n) is 3.32. The van der Waals surface area contributed by atoms with Crippen LogP contribution in [0.3, 0.4) is 0 Å². The molecular weight excluding hydrogens is 320 g/mol. The molecule has 1 aliphatic carbocycles. The fourth-order valence-corrected chi connectivity index (χ4v) is 4.60. The maximum atomic E-state index is 12.4. The highest BCUT2D eigenvalue weighted by atomic mass is 32.1. The van der Waals surface area contributed by atoms with Crippen molar-refractivity contribution in [3.05, 3.63) is 39.7 Å². The van der Waals surface area contributed by atoms with Crippen molar-refractivity contribution in [1.82, 2.24) is 0 Å². The van der Waals surface area contributed by atoms with E-state index in [1.54, 1.807) is 24.3 Å². The van der Waals surface area contributed by atoms with Crippen LogP contribution in [0.1, 0.15) is 59.3 Å². The number of hydrogen-bond donors (Lipinski definition) is 1. The molecule has 1 atom stereocenters. The van der Waals surface area contributed by atoms with Gasteiger partial charge < -0.3 is 9.73 Å². The maximum absolute atomic E-state index is 12.4. The van der Waals surface area contributed by atoms with Gasteiger partial charge in [0.1, 0.15) is 16.8 Å². The van der Waals surface area contributed by atoms with Crippen molar-refractivity contribution < 1.29 is 9.21 Å². The molecule has 0 aliphatic heterocycles. The van der Waals surface area contributed by atoms with Crippen LogP contribution in [0.25, 0.3) is 0 Å². The summed E-state index contributed by atoms with van der Waals surface area (Å²) >= 11 is 1.55. The molecule has 1 amide bonds. The Hall–Kier alpha value is -2.06. The van der Waals surface area contributed by atoms with Gasteiger partial charge in [-0.15, -0.1) is 11.3 Å². The predicted molar refractivity (Wildman–Crippen MR) is 95.4 cm³/mol. The van der Waals surface area contributed by atoms with Crippen molar-refractivity contribution in [2.75, 3.05) is 5.32 Å². The Morgan fingerprint density at radius 2 is 2.21 bits per heavy atom. The number of thiophene rings is 1. The highest BCUT2D eigenvalue weighted by molar-refractivity contribution is 7.16. The SMILES string of the molecule is Cc1occc1C(=O)Nc1sc2c(c1C#N)CCC(C(C)(C)C)C2. The van der Waals surface area contributed by atoms with Crippen molar-refractivity contribution in [2.45, 2.75) is 47.0 Å². The molecule has 0 spiro atoms. The van der Waals surface area contributed by atoms with Gasteiger partial charge in [-0.25, -0.2) is 0 Å². The van der Waals surface area contributed by atoms with Crippen LogP contribution in [0.2, 0.25) is 0 Å². The number of nitriles is 1. The third kappa shape index (κ3) is 2.99. The smallest absolute Gasteiger partial charge is 0.259 e. The van der Waals surface area contributed by atoms with Crippen molar-refractivity contribution >= 4 is 22.2 Å². The number of anilines is 1. The van der Waals surface area contributed by atoms with Gasteiger partial charge in [0, 0.05) is 4.88 Å². The number of amides is 1. The lowest BCUT2D eigenvalue weighted by Gasteiger charge is -2.33. The first kappa shape index (κ1) is 16.8. The minimum atomic E-state index is -0.219. The molecule has 126 valence electrons. The number of fused-ring (bicyclic) bond motifs is 1. The summed E-state index contributed by atoms with van der Waals surface area (Å²) < 4.78 is 5.19. The topological polar surface area (TPSA) is 66.0 Å². The van der Waals surface area contributed by atoms with Crippen molar-refractivity contribution in [2.24, 2.45) is 11.3 Å². The Bertz CT molecular complexity index is 818. The second-order valence-corrected chi connectivity index (χ2v) is 8.58. The standard InChI is InChI=1S/C19H22N2O2S/c1-11-13(7-8-23-11)17(22)21-18-15(10-20)14-6-5-12(19(2,3)4)9-16(14)24-18/h7-8,12H,5-6,9H2,1-4H3,(H,21,22). The number of aryl methyl sites for hydroxylation is 1. The lowest BCUT2D eigenvalue weighted by molar-refractivity contribution is 0.102. The van der Waals surface area contributed by atoms with Crippen LogP contribution < -0.4 is 5.32 Å².